The van der Waals surface area contributed by atoms with Crippen molar-refractivity contribution >= 4 is 0 Å². The van der Waals surface area contributed by atoms with Gasteiger partial charge in [-0.3, -0.25) is 0 Å². The summed E-state index contributed by atoms with van der Waals surface area (Å²) >= 11 is 0. The summed E-state index contributed by atoms with van der Waals surface area (Å²) in [6, 6.07) is 0. The Balaban J connectivity index is 2.99. The minimum atomic E-state index is -0.160. The zero-order chi connectivity index (χ0) is 15.6. The molecule has 0 aromatic carbocycles. The molecular weight excluding hydrogens is 256 g/mol. The predicted molar refractivity (Wildman–Crippen MR) is 95.5 cm³/mol. The zero-order valence-electron chi connectivity index (χ0n) is 14.9. The maximum Gasteiger partial charge on any atom is 0.0571 e. The first kappa shape index (κ1) is 21.0. The predicted octanol–water partition coefficient (Wildman–Crippen LogP) is 6.83. The van der Waals surface area contributed by atoms with Crippen LogP contribution in [0.3, 0.4) is 0 Å². The average molecular weight is 298 g/mol. The van der Waals surface area contributed by atoms with Crippen LogP contribution in [-0.4, -0.2) is 11.2 Å². The molecular formula is C20H41O. The Bertz CT molecular complexity index is 179. The van der Waals surface area contributed by atoms with Gasteiger partial charge >= 0.3 is 0 Å². The lowest BCUT2D eigenvalue weighted by molar-refractivity contribution is 0.189. The molecule has 1 N–H and O–H groups in total. The molecule has 1 atom stereocenters. The highest BCUT2D eigenvalue weighted by Gasteiger charge is 2.01. The van der Waals surface area contributed by atoms with Gasteiger partial charge in [-0.25, -0.2) is 0 Å². The Morgan fingerprint density at radius 3 is 1.38 bits per heavy atom. The zero-order valence-corrected chi connectivity index (χ0v) is 14.9. The quantitative estimate of drug-likeness (QED) is 0.292. The molecule has 0 saturated heterocycles. The van der Waals surface area contributed by atoms with Crippen LogP contribution in [0.15, 0.2) is 0 Å². The first-order chi connectivity index (χ1) is 10.3. The number of hydrogen-bond acceptors (Lipinski definition) is 1. The summed E-state index contributed by atoms with van der Waals surface area (Å²) in [6.07, 6.45) is 23.4. The monoisotopic (exact) mass is 297 g/mol. The van der Waals surface area contributed by atoms with E-state index >= 15 is 0 Å². The summed E-state index contributed by atoms with van der Waals surface area (Å²) < 4.78 is 0. The molecule has 21 heavy (non-hydrogen) atoms. The van der Waals surface area contributed by atoms with Crippen LogP contribution in [0.2, 0.25) is 0 Å². The average Bonchev–Trinajstić information content (AvgIpc) is 2.48. The minimum Gasteiger partial charge on any atom is -0.393 e. The van der Waals surface area contributed by atoms with Crippen LogP contribution in [0.4, 0.5) is 0 Å². The fourth-order valence-electron chi connectivity index (χ4n) is 2.94. The largest absolute Gasteiger partial charge is 0.393 e. The maximum atomic E-state index is 9.58. The molecule has 0 bridgehead atoms. The van der Waals surface area contributed by atoms with Crippen molar-refractivity contribution in [1.82, 2.24) is 0 Å². The molecule has 0 rings (SSSR count). The van der Waals surface area contributed by atoms with E-state index in [2.05, 4.69) is 13.8 Å². The Hall–Kier alpha value is -0.0400. The first-order valence-corrected chi connectivity index (χ1v) is 9.82. The van der Waals surface area contributed by atoms with Crippen LogP contribution in [0, 0.1) is 6.42 Å². The van der Waals surface area contributed by atoms with Gasteiger partial charge in [-0.2, -0.15) is 0 Å². The lowest BCUT2D eigenvalue weighted by Crippen LogP contribution is -2.05. The summed E-state index contributed by atoms with van der Waals surface area (Å²) in [5, 5.41) is 9.58. The SMILES string of the molecule is CC[CH]C(O)CCCCCCCCCCCCCCCC. The molecule has 1 radical (unpaired) electrons. The highest BCUT2D eigenvalue weighted by molar-refractivity contribution is 4.72. The van der Waals surface area contributed by atoms with Crippen LogP contribution in [-0.2, 0) is 0 Å². The van der Waals surface area contributed by atoms with E-state index < -0.39 is 0 Å². The summed E-state index contributed by atoms with van der Waals surface area (Å²) in [6.45, 7) is 4.38. The Labute approximate surface area is 134 Å². The van der Waals surface area contributed by atoms with Gasteiger partial charge in [0.2, 0.25) is 0 Å². The molecule has 0 spiro atoms. The third kappa shape index (κ3) is 17.9. The van der Waals surface area contributed by atoms with Crippen molar-refractivity contribution in [2.75, 3.05) is 0 Å². The van der Waals surface area contributed by atoms with Gasteiger partial charge in [0.05, 0.1) is 6.10 Å². The van der Waals surface area contributed by atoms with Gasteiger partial charge in [0.15, 0.2) is 0 Å². The van der Waals surface area contributed by atoms with Crippen molar-refractivity contribution < 1.29 is 5.11 Å². The number of rotatable bonds is 17. The second-order valence-corrected chi connectivity index (χ2v) is 6.60. The standard InChI is InChI=1S/C20H41O/c1-3-5-6-7-8-9-10-11-12-13-14-15-16-17-19-20(21)18-4-2/h18,20-21H,3-17,19H2,1-2H3. The molecule has 0 aromatic rings. The van der Waals surface area contributed by atoms with Crippen molar-refractivity contribution in [2.24, 2.45) is 0 Å². The van der Waals surface area contributed by atoms with Gasteiger partial charge in [-0.15, -0.1) is 0 Å². The van der Waals surface area contributed by atoms with Crippen molar-refractivity contribution in [3.63, 3.8) is 0 Å². The van der Waals surface area contributed by atoms with E-state index in [1.165, 1.54) is 89.9 Å². The van der Waals surface area contributed by atoms with Crippen LogP contribution < -0.4 is 0 Å². The van der Waals surface area contributed by atoms with E-state index in [9.17, 15) is 5.11 Å². The van der Waals surface area contributed by atoms with Crippen LogP contribution >= 0.6 is 0 Å². The topological polar surface area (TPSA) is 20.2 Å². The smallest absolute Gasteiger partial charge is 0.0571 e. The van der Waals surface area contributed by atoms with E-state index in [-0.39, 0.29) is 6.10 Å². The van der Waals surface area contributed by atoms with Gasteiger partial charge in [0.1, 0.15) is 0 Å². The van der Waals surface area contributed by atoms with E-state index in [0.717, 1.165) is 12.8 Å². The Morgan fingerprint density at radius 2 is 1.00 bits per heavy atom. The van der Waals surface area contributed by atoms with Gasteiger partial charge < -0.3 is 5.11 Å². The van der Waals surface area contributed by atoms with Crippen molar-refractivity contribution in [3.8, 4) is 0 Å². The van der Waals surface area contributed by atoms with Gasteiger partial charge in [0, 0.05) is 0 Å². The van der Waals surface area contributed by atoms with Crippen molar-refractivity contribution in [2.45, 2.75) is 123 Å². The van der Waals surface area contributed by atoms with Crippen molar-refractivity contribution in [1.29, 1.82) is 0 Å². The van der Waals surface area contributed by atoms with Crippen LogP contribution in [0.25, 0.3) is 0 Å². The molecule has 1 heteroatoms. The van der Waals surface area contributed by atoms with Gasteiger partial charge in [0.25, 0.3) is 0 Å². The van der Waals surface area contributed by atoms with E-state index in [0.29, 0.717) is 0 Å². The second kappa shape index (κ2) is 18.0. The van der Waals surface area contributed by atoms with E-state index in [1.807, 2.05) is 6.42 Å². The van der Waals surface area contributed by atoms with E-state index in [1.54, 1.807) is 0 Å². The van der Waals surface area contributed by atoms with Gasteiger partial charge in [-0.1, -0.05) is 110 Å². The number of unbranched alkanes of at least 4 members (excludes halogenated alkanes) is 13. The molecule has 0 amide bonds. The first-order valence-electron chi connectivity index (χ1n) is 9.82. The second-order valence-electron chi connectivity index (χ2n) is 6.60. The molecule has 0 aromatic heterocycles. The highest BCUT2D eigenvalue weighted by atomic mass is 16.3. The third-order valence-electron chi connectivity index (χ3n) is 4.36. The molecule has 0 saturated carbocycles. The third-order valence-corrected chi connectivity index (χ3v) is 4.36. The molecule has 0 heterocycles. The highest BCUT2D eigenvalue weighted by Crippen LogP contribution is 2.14. The van der Waals surface area contributed by atoms with Crippen LogP contribution in [0.5, 0.6) is 0 Å². The van der Waals surface area contributed by atoms with Crippen LogP contribution in [0.1, 0.15) is 117 Å². The lowest BCUT2D eigenvalue weighted by atomic mass is 10.0. The summed E-state index contributed by atoms with van der Waals surface area (Å²) in [5.74, 6) is 0. The lowest BCUT2D eigenvalue weighted by Gasteiger charge is -2.08. The molecule has 1 unspecified atom stereocenters. The molecule has 127 valence electrons. The summed E-state index contributed by atoms with van der Waals surface area (Å²) in [5.41, 5.74) is 0. The summed E-state index contributed by atoms with van der Waals surface area (Å²) in [7, 11) is 0. The fourth-order valence-corrected chi connectivity index (χ4v) is 2.94. The number of aliphatic hydroxyl groups excluding tert-OH is 1. The molecule has 0 aliphatic rings. The Kier molecular flexibility index (Phi) is 18.0. The number of aliphatic hydroxyl groups is 1. The van der Waals surface area contributed by atoms with Crippen molar-refractivity contribution in [3.05, 3.63) is 6.42 Å². The maximum absolute atomic E-state index is 9.58. The molecule has 1 nitrogen and oxygen atoms in total. The molecule has 0 fully saturated rings. The number of hydrogen-bond donors (Lipinski definition) is 1. The fraction of sp³-hybridized carbons (Fsp3) is 0.950. The molecule has 0 aliphatic carbocycles. The normalized spacial score (nSPS) is 12.7. The Morgan fingerprint density at radius 1 is 0.619 bits per heavy atom. The van der Waals surface area contributed by atoms with Gasteiger partial charge in [-0.05, 0) is 12.8 Å². The minimum absolute atomic E-state index is 0.160. The molecule has 0 aliphatic heterocycles. The summed E-state index contributed by atoms with van der Waals surface area (Å²) in [4.78, 5) is 0. The van der Waals surface area contributed by atoms with E-state index in [4.69, 9.17) is 0 Å².